The molecule has 0 saturated carbocycles. The van der Waals surface area contributed by atoms with Crippen molar-refractivity contribution in [2.75, 3.05) is 0 Å². The summed E-state index contributed by atoms with van der Waals surface area (Å²) in [7, 11) is 0. The average Bonchev–Trinajstić information content (AvgIpc) is 3.16. The van der Waals surface area contributed by atoms with Crippen LogP contribution in [0.25, 0.3) is 16.6 Å². The van der Waals surface area contributed by atoms with Gasteiger partial charge in [-0.05, 0) is 17.0 Å². The Hall–Kier alpha value is -2.13. The third kappa shape index (κ3) is 1.91. The molecule has 0 aliphatic heterocycles. The largest absolute Gasteiger partial charge is 0.281 e. The zero-order valence-electron chi connectivity index (χ0n) is 10.9. The van der Waals surface area contributed by atoms with E-state index in [-0.39, 0.29) is 0 Å². The second kappa shape index (κ2) is 4.76. The van der Waals surface area contributed by atoms with Crippen molar-refractivity contribution in [2.24, 2.45) is 0 Å². The quantitative estimate of drug-likeness (QED) is 0.735. The molecule has 20 heavy (non-hydrogen) atoms. The van der Waals surface area contributed by atoms with E-state index in [0.29, 0.717) is 5.92 Å². The van der Waals surface area contributed by atoms with Crippen molar-refractivity contribution < 1.29 is 0 Å². The van der Waals surface area contributed by atoms with Crippen LogP contribution in [-0.4, -0.2) is 10.2 Å². The molecule has 1 aliphatic rings. The van der Waals surface area contributed by atoms with E-state index < -0.39 is 0 Å². The predicted molar refractivity (Wildman–Crippen MR) is 83.8 cm³/mol. The Balaban J connectivity index is 1.70. The number of allylic oxidation sites excluding steroid dienone is 1. The number of benzene rings is 1. The first-order valence-corrected chi connectivity index (χ1v) is 7.64. The van der Waals surface area contributed by atoms with Crippen molar-refractivity contribution >= 4 is 17.4 Å². The van der Waals surface area contributed by atoms with Crippen LogP contribution >= 0.6 is 11.3 Å². The highest BCUT2D eigenvalue weighted by atomic mass is 32.1. The summed E-state index contributed by atoms with van der Waals surface area (Å²) < 4.78 is 0. The molecule has 1 unspecified atom stereocenters. The lowest BCUT2D eigenvalue weighted by atomic mass is 9.88. The van der Waals surface area contributed by atoms with E-state index >= 15 is 0 Å². The van der Waals surface area contributed by atoms with Crippen LogP contribution in [0.3, 0.4) is 0 Å². The summed E-state index contributed by atoms with van der Waals surface area (Å²) in [5, 5.41) is 9.82. The summed E-state index contributed by atoms with van der Waals surface area (Å²) in [6.07, 6.45) is 5.51. The molecule has 2 aromatic heterocycles. The maximum absolute atomic E-state index is 4.50. The second-order valence-electron chi connectivity index (χ2n) is 5.02. The van der Waals surface area contributed by atoms with Gasteiger partial charge in [-0.15, -0.1) is 11.3 Å². The van der Waals surface area contributed by atoms with Gasteiger partial charge in [-0.25, -0.2) is 0 Å². The Labute approximate surface area is 121 Å². The maximum Gasteiger partial charge on any atom is 0.109 e. The molecule has 0 fully saturated rings. The van der Waals surface area contributed by atoms with Crippen molar-refractivity contribution in [3.05, 3.63) is 70.7 Å². The van der Waals surface area contributed by atoms with Gasteiger partial charge in [0.15, 0.2) is 0 Å². The van der Waals surface area contributed by atoms with Crippen LogP contribution in [-0.2, 0) is 6.42 Å². The van der Waals surface area contributed by atoms with Crippen LogP contribution in [0.4, 0.5) is 0 Å². The second-order valence-corrected chi connectivity index (χ2v) is 5.97. The van der Waals surface area contributed by atoms with Crippen LogP contribution in [0, 0.1) is 0 Å². The zero-order chi connectivity index (χ0) is 13.4. The summed E-state index contributed by atoms with van der Waals surface area (Å²) in [6, 6.07) is 14.8. The fourth-order valence-corrected chi connectivity index (χ4v) is 3.48. The number of hydrogen-bond acceptors (Lipinski definition) is 2. The highest BCUT2D eigenvalue weighted by molar-refractivity contribution is 7.13. The Morgan fingerprint density at radius 3 is 2.80 bits per heavy atom. The molecule has 1 atom stereocenters. The average molecular weight is 278 g/mol. The molecule has 1 aliphatic carbocycles. The smallest absolute Gasteiger partial charge is 0.109 e. The van der Waals surface area contributed by atoms with Gasteiger partial charge in [0.05, 0.1) is 4.88 Å². The van der Waals surface area contributed by atoms with Crippen LogP contribution in [0.1, 0.15) is 22.7 Å². The summed E-state index contributed by atoms with van der Waals surface area (Å²) in [6.45, 7) is 0. The number of aromatic nitrogens is 2. The lowest BCUT2D eigenvalue weighted by Gasteiger charge is -2.17. The molecule has 0 amide bonds. The van der Waals surface area contributed by atoms with Gasteiger partial charge in [0.2, 0.25) is 0 Å². The van der Waals surface area contributed by atoms with E-state index in [0.717, 1.165) is 12.1 Å². The Kier molecular flexibility index (Phi) is 2.78. The molecule has 98 valence electrons. The van der Waals surface area contributed by atoms with Crippen LogP contribution in [0.5, 0.6) is 0 Å². The van der Waals surface area contributed by atoms with Gasteiger partial charge in [0.25, 0.3) is 0 Å². The van der Waals surface area contributed by atoms with Gasteiger partial charge in [-0.3, -0.25) is 5.10 Å². The van der Waals surface area contributed by atoms with E-state index in [4.69, 9.17) is 0 Å². The van der Waals surface area contributed by atoms with E-state index in [1.54, 1.807) is 11.3 Å². The summed E-state index contributed by atoms with van der Waals surface area (Å²) in [5.74, 6) is 0.445. The van der Waals surface area contributed by atoms with Gasteiger partial charge in [-0.2, -0.15) is 5.10 Å². The number of nitrogens with one attached hydrogen (secondary N) is 1. The molecule has 3 aromatic rings. The Bertz CT molecular complexity index is 739. The maximum atomic E-state index is 4.50. The number of aromatic amines is 1. The molecule has 0 radical (unpaired) electrons. The number of nitrogens with zero attached hydrogens (tertiary/aromatic N) is 1. The number of H-pyrrole nitrogens is 1. The minimum atomic E-state index is 0.445. The molecule has 0 bridgehead atoms. The van der Waals surface area contributed by atoms with Crippen molar-refractivity contribution in [3.8, 4) is 10.6 Å². The van der Waals surface area contributed by atoms with Crippen LogP contribution in [0.15, 0.2) is 53.9 Å². The number of fused-ring (bicyclic) bond motifs is 1. The van der Waals surface area contributed by atoms with Gasteiger partial charge >= 0.3 is 0 Å². The molecular weight excluding hydrogens is 264 g/mol. The van der Waals surface area contributed by atoms with Crippen molar-refractivity contribution in [2.45, 2.75) is 12.3 Å². The first-order chi connectivity index (χ1) is 9.92. The molecular formula is C17H14N2S. The molecule has 0 spiro atoms. The summed E-state index contributed by atoms with van der Waals surface area (Å²) >= 11 is 1.73. The summed E-state index contributed by atoms with van der Waals surface area (Å²) in [4.78, 5) is 1.23. The van der Waals surface area contributed by atoms with E-state index in [1.807, 2.05) is 0 Å². The molecule has 2 nitrogen and oxygen atoms in total. The van der Waals surface area contributed by atoms with Crippen molar-refractivity contribution in [1.82, 2.24) is 10.2 Å². The fourth-order valence-electron chi connectivity index (χ4n) is 2.75. The van der Waals surface area contributed by atoms with E-state index in [2.05, 4.69) is 70.2 Å². The highest BCUT2D eigenvalue weighted by Gasteiger charge is 2.21. The van der Waals surface area contributed by atoms with Gasteiger partial charge in [0, 0.05) is 23.6 Å². The molecule has 4 rings (SSSR count). The minimum Gasteiger partial charge on any atom is -0.281 e. The Morgan fingerprint density at radius 2 is 2.00 bits per heavy atom. The molecule has 0 saturated heterocycles. The number of rotatable bonds is 2. The van der Waals surface area contributed by atoms with Crippen LogP contribution in [0.2, 0.25) is 0 Å². The van der Waals surface area contributed by atoms with Crippen molar-refractivity contribution in [1.29, 1.82) is 0 Å². The molecule has 1 N–H and O–H groups in total. The number of thiophene rings is 1. The Morgan fingerprint density at radius 1 is 1.10 bits per heavy atom. The topological polar surface area (TPSA) is 28.7 Å². The normalized spacial score (nSPS) is 17.1. The van der Waals surface area contributed by atoms with Gasteiger partial charge < -0.3 is 0 Å². The van der Waals surface area contributed by atoms with E-state index in [1.165, 1.54) is 21.7 Å². The van der Waals surface area contributed by atoms with Crippen LogP contribution < -0.4 is 0 Å². The fraction of sp³-hybridized carbons (Fsp3) is 0.118. The standard InChI is InChI=1S/C17H14N2S/c1-2-5-12(6-3-1)13-8-9-14-15(11-13)18-19-17(14)16-7-4-10-20-16/h1-10,13H,11H2,(H,18,19). The first-order valence-electron chi connectivity index (χ1n) is 6.76. The number of hydrogen-bond donors (Lipinski definition) is 1. The predicted octanol–water partition coefficient (Wildman–Crippen LogP) is 4.49. The third-order valence-electron chi connectivity index (χ3n) is 3.78. The molecule has 1 aromatic carbocycles. The third-order valence-corrected chi connectivity index (χ3v) is 4.66. The van der Waals surface area contributed by atoms with Crippen molar-refractivity contribution in [3.63, 3.8) is 0 Å². The highest BCUT2D eigenvalue weighted by Crippen LogP contribution is 2.35. The van der Waals surface area contributed by atoms with Gasteiger partial charge in [-0.1, -0.05) is 48.6 Å². The van der Waals surface area contributed by atoms with E-state index in [9.17, 15) is 0 Å². The first kappa shape index (κ1) is 11.7. The lowest BCUT2D eigenvalue weighted by Crippen LogP contribution is -2.05. The monoisotopic (exact) mass is 278 g/mol. The lowest BCUT2D eigenvalue weighted by molar-refractivity contribution is 0.794. The zero-order valence-corrected chi connectivity index (χ0v) is 11.7. The molecule has 2 heterocycles. The van der Waals surface area contributed by atoms with Gasteiger partial charge in [0.1, 0.15) is 5.69 Å². The minimum absolute atomic E-state index is 0.445. The SMILES string of the molecule is C1=CC(c2ccccc2)Cc2[nH]nc(-c3cccs3)c21. The summed E-state index contributed by atoms with van der Waals surface area (Å²) in [5.41, 5.74) is 4.93. The molecule has 3 heteroatoms.